The first-order chi connectivity index (χ1) is 8.70. The lowest BCUT2D eigenvalue weighted by Gasteiger charge is -2.17. The third kappa shape index (κ3) is 1.85. The van der Waals surface area contributed by atoms with Gasteiger partial charge in [0.2, 0.25) is 0 Å². The molecule has 0 saturated heterocycles. The zero-order chi connectivity index (χ0) is 12.7. The lowest BCUT2D eigenvalue weighted by atomic mass is 9.99. The van der Waals surface area contributed by atoms with E-state index in [1.807, 2.05) is 0 Å². The Morgan fingerprint density at radius 3 is 2.83 bits per heavy atom. The molecule has 0 aromatic carbocycles. The Hall–Kier alpha value is -1.58. The first-order valence-corrected chi connectivity index (χ1v) is 6.81. The molecule has 0 bridgehead atoms. The van der Waals surface area contributed by atoms with Crippen LogP contribution in [0.3, 0.4) is 0 Å². The number of pyridine rings is 1. The average molecular weight is 245 g/mol. The van der Waals surface area contributed by atoms with Gasteiger partial charge in [-0.3, -0.25) is 4.98 Å². The van der Waals surface area contributed by atoms with E-state index in [-0.39, 0.29) is 0 Å². The van der Waals surface area contributed by atoms with Crippen LogP contribution < -0.4 is 11.1 Å². The van der Waals surface area contributed by atoms with Crippen LogP contribution in [0.5, 0.6) is 0 Å². The number of hydrogen-bond acceptors (Lipinski definition) is 2. The van der Waals surface area contributed by atoms with Gasteiger partial charge in [-0.2, -0.15) is 0 Å². The Balaban J connectivity index is 2.16. The number of carbonyl (C=O) groups is 1. The Morgan fingerprint density at radius 2 is 2.22 bits per heavy atom. The predicted molar refractivity (Wildman–Crippen MR) is 70.8 cm³/mol. The molecular formula is C14H19N3O. The molecule has 3 N–H and O–H groups in total. The molecule has 4 heteroatoms. The van der Waals surface area contributed by atoms with Crippen molar-refractivity contribution in [2.45, 2.75) is 51.4 Å². The monoisotopic (exact) mass is 245 g/mol. The van der Waals surface area contributed by atoms with E-state index in [0.717, 1.165) is 37.1 Å². The zero-order valence-corrected chi connectivity index (χ0v) is 10.8. The molecule has 0 spiro atoms. The minimum Gasteiger partial charge on any atom is -0.351 e. The van der Waals surface area contributed by atoms with Gasteiger partial charge in [0.1, 0.15) is 0 Å². The highest BCUT2D eigenvalue weighted by Gasteiger charge is 2.32. The summed E-state index contributed by atoms with van der Waals surface area (Å²) in [5, 5.41) is 2.87. The average Bonchev–Trinajstić information content (AvgIpc) is 3.05. The van der Waals surface area contributed by atoms with Crippen LogP contribution in [0.1, 0.15) is 54.6 Å². The van der Waals surface area contributed by atoms with Crippen molar-refractivity contribution in [2.24, 2.45) is 5.73 Å². The molecule has 0 atom stereocenters. The minimum absolute atomic E-state index is 0.459. The van der Waals surface area contributed by atoms with E-state index in [1.54, 1.807) is 0 Å². The molecule has 1 aromatic heterocycles. The second-order valence-corrected chi connectivity index (χ2v) is 5.24. The van der Waals surface area contributed by atoms with Crippen LogP contribution in [-0.4, -0.2) is 11.0 Å². The second kappa shape index (κ2) is 4.26. The first-order valence-electron chi connectivity index (χ1n) is 6.81. The minimum atomic E-state index is -0.459. The van der Waals surface area contributed by atoms with Crippen LogP contribution >= 0.6 is 0 Å². The summed E-state index contributed by atoms with van der Waals surface area (Å²) in [4.78, 5) is 16.1. The molecule has 4 nitrogen and oxygen atoms in total. The Morgan fingerprint density at radius 1 is 1.44 bits per heavy atom. The number of fused-ring (bicyclic) bond motifs is 1. The van der Waals surface area contributed by atoms with E-state index < -0.39 is 6.03 Å². The maximum Gasteiger partial charge on any atom is 0.316 e. The lowest BCUT2D eigenvalue weighted by molar-refractivity contribution is 0.259. The fourth-order valence-corrected chi connectivity index (χ4v) is 3.00. The number of carbonyl (C=O) groups excluding carboxylic acids is 1. The van der Waals surface area contributed by atoms with Crippen LogP contribution in [-0.2, 0) is 19.3 Å². The van der Waals surface area contributed by atoms with E-state index in [4.69, 9.17) is 10.7 Å². The number of anilines is 1. The maximum atomic E-state index is 11.3. The highest BCUT2D eigenvalue weighted by molar-refractivity contribution is 5.90. The van der Waals surface area contributed by atoms with Crippen molar-refractivity contribution >= 4 is 11.7 Å². The van der Waals surface area contributed by atoms with Gasteiger partial charge in [-0.25, -0.2) is 4.79 Å². The highest BCUT2D eigenvalue weighted by atomic mass is 16.2. The molecule has 3 rings (SSSR count). The van der Waals surface area contributed by atoms with Crippen molar-refractivity contribution in [3.05, 3.63) is 22.5 Å². The fourth-order valence-electron chi connectivity index (χ4n) is 3.00. The molecule has 18 heavy (non-hydrogen) atoms. The number of nitrogens with one attached hydrogen (secondary N) is 1. The molecule has 1 heterocycles. The normalized spacial score (nSPS) is 17.6. The van der Waals surface area contributed by atoms with Gasteiger partial charge in [0.15, 0.2) is 0 Å². The van der Waals surface area contributed by atoms with Gasteiger partial charge in [0.25, 0.3) is 0 Å². The molecule has 0 aliphatic heterocycles. The molecule has 96 valence electrons. The highest BCUT2D eigenvalue weighted by Crippen LogP contribution is 2.47. The quantitative estimate of drug-likeness (QED) is 0.859. The largest absolute Gasteiger partial charge is 0.351 e. The van der Waals surface area contributed by atoms with Gasteiger partial charge in [-0.05, 0) is 50.0 Å². The summed E-state index contributed by atoms with van der Waals surface area (Å²) in [6.45, 7) is 2.13. The number of nitrogens with zero attached hydrogens (tertiary/aromatic N) is 1. The summed E-state index contributed by atoms with van der Waals surface area (Å²) in [7, 11) is 0. The Kier molecular flexibility index (Phi) is 2.73. The van der Waals surface area contributed by atoms with Crippen LogP contribution in [0, 0.1) is 0 Å². The van der Waals surface area contributed by atoms with E-state index in [0.29, 0.717) is 5.92 Å². The number of aryl methyl sites for hydroxylation is 2. The van der Waals surface area contributed by atoms with Crippen molar-refractivity contribution < 1.29 is 4.79 Å². The van der Waals surface area contributed by atoms with Crippen molar-refractivity contribution in [2.75, 3.05) is 5.32 Å². The molecule has 1 aromatic rings. The zero-order valence-electron chi connectivity index (χ0n) is 10.8. The molecule has 0 radical (unpaired) electrons. The summed E-state index contributed by atoms with van der Waals surface area (Å²) in [5.41, 5.74) is 11.1. The van der Waals surface area contributed by atoms with Crippen LogP contribution in [0.15, 0.2) is 0 Å². The summed E-state index contributed by atoms with van der Waals surface area (Å²) >= 11 is 0. The number of primary amides is 1. The topological polar surface area (TPSA) is 68.0 Å². The smallest absolute Gasteiger partial charge is 0.316 e. The lowest BCUT2D eigenvalue weighted by Crippen LogP contribution is -2.22. The van der Waals surface area contributed by atoms with Crippen molar-refractivity contribution in [3.63, 3.8) is 0 Å². The second-order valence-electron chi connectivity index (χ2n) is 5.24. The SMILES string of the molecule is CCc1nc2c(c(NC(N)=O)c1C1CC1)CCC2. The van der Waals surface area contributed by atoms with Gasteiger partial charge >= 0.3 is 6.03 Å². The summed E-state index contributed by atoms with van der Waals surface area (Å²) in [5.74, 6) is 0.584. The summed E-state index contributed by atoms with van der Waals surface area (Å²) < 4.78 is 0. The Labute approximate surface area is 107 Å². The summed E-state index contributed by atoms with van der Waals surface area (Å²) in [6.07, 6.45) is 6.52. The van der Waals surface area contributed by atoms with Gasteiger partial charge in [0.05, 0.1) is 5.69 Å². The molecule has 2 amide bonds. The number of aromatic nitrogens is 1. The fraction of sp³-hybridized carbons (Fsp3) is 0.571. The third-order valence-corrected chi connectivity index (χ3v) is 3.91. The van der Waals surface area contributed by atoms with Crippen LogP contribution in [0.25, 0.3) is 0 Å². The number of nitrogens with two attached hydrogens (primary N) is 1. The number of rotatable bonds is 3. The van der Waals surface area contributed by atoms with Crippen molar-refractivity contribution in [1.29, 1.82) is 0 Å². The Bertz CT molecular complexity index is 506. The third-order valence-electron chi connectivity index (χ3n) is 3.91. The standard InChI is InChI=1S/C14H19N3O/c1-2-10-12(8-6-7-8)13(17-14(15)18)9-4-3-5-11(9)16-10/h8H,2-7H2,1H3,(H3,15,16,17,18). The van der Waals surface area contributed by atoms with E-state index in [2.05, 4.69) is 12.2 Å². The van der Waals surface area contributed by atoms with Gasteiger partial charge in [-0.15, -0.1) is 0 Å². The van der Waals surface area contributed by atoms with Crippen LogP contribution in [0.2, 0.25) is 0 Å². The van der Waals surface area contributed by atoms with Crippen molar-refractivity contribution in [3.8, 4) is 0 Å². The number of amides is 2. The molecule has 0 unspecified atom stereocenters. The molecule has 2 aliphatic rings. The van der Waals surface area contributed by atoms with E-state index in [9.17, 15) is 4.79 Å². The van der Waals surface area contributed by atoms with Gasteiger partial charge in [-0.1, -0.05) is 6.92 Å². The predicted octanol–water partition coefficient (Wildman–Crippen LogP) is 2.50. The van der Waals surface area contributed by atoms with Gasteiger partial charge < -0.3 is 11.1 Å². The van der Waals surface area contributed by atoms with Gasteiger partial charge in [0, 0.05) is 17.0 Å². The van der Waals surface area contributed by atoms with Crippen LogP contribution in [0.4, 0.5) is 10.5 Å². The number of hydrogen-bond donors (Lipinski definition) is 2. The maximum absolute atomic E-state index is 11.3. The van der Waals surface area contributed by atoms with Crippen molar-refractivity contribution in [1.82, 2.24) is 4.98 Å². The molecular weight excluding hydrogens is 226 g/mol. The molecule has 1 saturated carbocycles. The van der Waals surface area contributed by atoms with E-state index in [1.165, 1.54) is 29.7 Å². The summed E-state index contributed by atoms with van der Waals surface area (Å²) in [6, 6.07) is -0.459. The van der Waals surface area contributed by atoms with E-state index >= 15 is 0 Å². The molecule has 1 fully saturated rings. The first kappa shape index (κ1) is 11.5. The number of urea groups is 1. The molecule has 2 aliphatic carbocycles.